The van der Waals surface area contributed by atoms with Gasteiger partial charge in [0.15, 0.2) is 8.79 Å². The van der Waals surface area contributed by atoms with Gasteiger partial charge in [-0.05, 0) is 34.1 Å². The van der Waals surface area contributed by atoms with Gasteiger partial charge in [-0.2, -0.15) is 0 Å². The zero-order valence-corrected chi connectivity index (χ0v) is 12.7. The predicted molar refractivity (Wildman–Crippen MR) is 80.1 cm³/mol. The lowest BCUT2D eigenvalue weighted by Gasteiger charge is -2.03. The van der Waals surface area contributed by atoms with Crippen molar-refractivity contribution < 1.29 is 9.85 Å². The maximum absolute atomic E-state index is 11.0. The minimum atomic E-state index is -0.790. The van der Waals surface area contributed by atoms with E-state index in [9.17, 15) is 20.2 Å². The fraction of sp³-hybridized carbons (Fsp3) is 0. The van der Waals surface area contributed by atoms with Gasteiger partial charge in [-0.1, -0.05) is 29.0 Å². The van der Waals surface area contributed by atoms with E-state index in [0.29, 0.717) is 10.7 Å². The van der Waals surface area contributed by atoms with Gasteiger partial charge in [0.25, 0.3) is 0 Å². The molecule has 1 aromatic heterocycles. The van der Waals surface area contributed by atoms with E-state index < -0.39 is 21.2 Å². The number of hydrogen-bond donors (Lipinski definition) is 1. The van der Waals surface area contributed by atoms with Crippen molar-refractivity contribution in [3.63, 3.8) is 0 Å². The average Bonchev–Trinajstić information content (AvgIpc) is 2.65. The van der Waals surface area contributed by atoms with Crippen LogP contribution in [-0.2, 0) is 0 Å². The van der Waals surface area contributed by atoms with Crippen LogP contribution in [0.3, 0.4) is 0 Å². The number of thiophene rings is 1. The van der Waals surface area contributed by atoms with Crippen molar-refractivity contribution in [1.29, 1.82) is 0 Å². The molecule has 2 rings (SSSR count). The summed E-state index contributed by atoms with van der Waals surface area (Å²) in [6.45, 7) is 0. The number of halogens is 2. The molecule has 10 heteroatoms. The summed E-state index contributed by atoms with van der Waals surface area (Å²) in [7, 11) is 0. The van der Waals surface area contributed by atoms with E-state index in [1.165, 1.54) is 0 Å². The van der Waals surface area contributed by atoms with Crippen LogP contribution in [0.2, 0.25) is 5.02 Å². The SMILES string of the molecule is O=[N+]([O-])c1c(Br)sc(Nc2cccc(Cl)c2)c1[N+](=O)[O-]. The van der Waals surface area contributed by atoms with Gasteiger partial charge >= 0.3 is 11.4 Å². The van der Waals surface area contributed by atoms with Gasteiger partial charge in [0, 0.05) is 10.7 Å². The lowest BCUT2D eigenvalue weighted by molar-refractivity contribution is -0.421. The number of nitro groups is 2. The largest absolute Gasteiger partial charge is 0.381 e. The van der Waals surface area contributed by atoms with Crippen molar-refractivity contribution in [3.05, 3.63) is 53.3 Å². The quantitative estimate of drug-likeness (QED) is 0.613. The third kappa shape index (κ3) is 2.89. The van der Waals surface area contributed by atoms with Gasteiger partial charge in [-0.15, -0.1) is 0 Å². The second-order valence-electron chi connectivity index (χ2n) is 3.55. The fourth-order valence-electron chi connectivity index (χ4n) is 1.50. The van der Waals surface area contributed by atoms with E-state index in [2.05, 4.69) is 21.2 Å². The Bertz CT molecular complexity index is 706. The van der Waals surface area contributed by atoms with Gasteiger partial charge in [0.2, 0.25) is 0 Å². The van der Waals surface area contributed by atoms with Crippen LogP contribution in [0.15, 0.2) is 28.1 Å². The van der Waals surface area contributed by atoms with Crippen molar-refractivity contribution in [1.82, 2.24) is 0 Å². The molecule has 0 bridgehead atoms. The molecule has 1 N–H and O–H groups in total. The van der Waals surface area contributed by atoms with Gasteiger partial charge in [0.1, 0.15) is 0 Å². The minimum Gasteiger partial charge on any atom is -0.341 e. The van der Waals surface area contributed by atoms with Crippen molar-refractivity contribution in [2.45, 2.75) is 0 Å². The Morgan fingerprint density at radius 2 is 1.85 bits per heavy atom. The van der Waals surface area contributed by atoms with E-state index in [1.807, 2.05) is 0 Å². The van der Waals surface area contributed by atoms with Crippen molar-refractivity contribution >= 4 is 60.9 Å². The Balaban J connectivity index is 2.49. The van der Waals surface area contributed by atoms with Crippen LogP contribution >= 0.6 is 38.9 Å². The summed E-state index contributed by atoms with van der Waals surface area (Å²) < 4.78 is 0.0822. The van der Waals surface area contributed by atoms with Crippen LogP contribution in [0, 0.1) is 20.2 Å². The molecule has 0 saturated carbocycles. The third-order valence-corrected chi connectivity index (χ3v) is 4.23. The molecule has 0 aliphatic rings. The number of benzene rings is 1. The number of anilines is 2. The molecule has 7 nitrogen and oxygen atoms in total. The van der Waals surface area contributed by atoms with Crippen LogP contribution in [0.4, 0.5) is 22.1 Å². The normalized spacial score (nSPS) is 10.3. The van der Waals surface area contributed by atoms with Gasteiger partial charge in [0.05, 0.1) is 9.85 Å². The maximum atomic E-state index is 11.0. The molecule has 2 aromatic rings. The molecule has 0 fully saturated rings. The highest BCUT2D eigenvalue weighted by atomic mass is 79.9. The summed E-state index contributed by atoms with van der Waals surface area (Å²) in [6.07, 6.45) is 0. The lowest BCUT2D eigenvalue weighted by Crippen LogP contribution is -1.97. The molecule has 1 heterocycles. The molecule has 104 valence electrons. The Morgan fingerprint density at radius 3 is 2.40 bits per heavy atom. The summed E-state index contributed by atoms with van der Waals surface area (Å²) in [4.78, 5) is 20.4. The van der Waals surface area contributed by atoms with Crippen molar-refractivity contribution in [3.8, 4) is 0 Å². The monoisotopic (exact) mass is 377 g/mol. The van der Waals surface area contributed by atoms with Crippen LogP contribution in [-0.4, -0.2) is 9.85 Å². The molecule has 0 atom stereocenters. The topological polar surface area (TPSA) is 98.3 Å². The molecule has 0 saturated heterocycles. The first kappa shape index (κ1) is 14.7. The zero-order valence-electron chi connectivity index (χ0n) is 9.50. The lowest BCUT2D eigenvalue weighted by atomic mass is 10.3. The molecule has 0 unspecified atom stereocenters. The number of nitrogens with one attached hydrogen (secondary N) is 1. The maximum Gasteiger partial charge on any atom is 0.381 e. The second kappa shape index (κ2) is 5.73. The molecular weight excluding hydrogens is 374 g/mol. The second-order valence-corrected chi connectivity index (χ2v) is 6.33. The minimum absolute atomic E-state index is 0.0656. The number of nitrogens with zero attached hydrogens (tertiary/aromatic N) is 2. The van der Waals surface area contributed by atoms with Crippen LogP contribution in [0.1, 0.15) is 0 Å². The van der Waals surface area contributed by atoms with Gasteiger partial charge in [-0.3, -0.25) is 20.2 Å². The van der Waals surface area contributed by atoms with E-state index in [-0.39, 0.29) is 8.79 Å². The van der Waals surface area contributed by atoms with Gasteiger partial charge in [-0.25, -0.2) is 0 Å². The van der Waals surface area contributed by atoms with Crippen molar-refractivity contribution in [2.75, 3.05) is 5.32 Å². The third-order valence-electron chi connectivity index (χ3n) is 2.26. The smallest absolute Gasteiger partial charge is 0.341 e. The molecule has 0 aliphatic heterocycles. The molecule has 0 spiro atoms. The average molecular weight is 379 g/mol. The van der Waals surface area contributed by atoms with E-state index in [1.54, 1.807) is 24.3 Å². The van der Waals surface area contributed by atoms with Crippen LogP contribution < -0.4 is 5.32 Å². The van der Waals surface area contributed by atoms with Gasteiger partial charge < -0.3 is 5.32 Å². The molecule has 0 aliphatic carbocycles. The molecular formula is C10H5BrClN3O4S. The molecule has 20 heavy (non-hydrogen) atoms. The predicted octanol–water partition coefficient (Wildman–Crippen LogP) is 4.72. The first-order chi connectivity index (χ1) is 9.40. The number of rotatable bonds is 4. The summed E-state index contributed by atoms with van der Waals surface area (Å²) >= 11 is 9.66. The Kier molecular flexibility index (Phi) is 4.21. The first-order valence-corrected chi connectivity index (χ1v) is 7.02. The van der Waals surface area contributed by atoms with E-state index in [0.717, 1.165) is 11.3 Å². The summed E-state index contributed by atoms with van der Waals surface area (Å²) in [5, 5.41) is 25.2. The fourth-order valence-corrected chi connectivity index (χ4v) is 3.39. The van der Waals surface area contributed by atoms with Crippen LogP contribution in [0.5, 0.6) is 0 Å². The molecule has 0 amide bonds. The Morgan fingerprint density at radius 1 is 1.20 bits per heavy atom. The van der Waals surface area contributed by atoms with E-state index in [4.69, 9.17) is 11.6 Å². The van der Waals surface area contributed by atoms with E-state index >= 15 is 0 Å². The standard InChI is InChI=1S/C10H5BrClN3O4S/c11-9-7(14(16)17)8(15(18)19)10(20-9)13-6-3-1-2-5(12)4-6/h1-4,13H. The molecule has 1 aromatic carbocycles. The first-order valence-electron chi connectivity index (χ1n) is 5.04. The summed E-state index contributed by atoms with van der Waals surface area (Å²) in [6, 6.07) is 6.52. The zero-order chi connectivity index (χ0) is 14.9. The number of hydrogen-bond acceptors (Lipinski definition) is 6. The highest BCUT2D eigenvalue weighted by Crippen LogP contribution is 2.49. The van der Waals surface area contributed by atoms with Crippen molar-refractivity contribution in [2.24, 2.45) is 0 Å². The Labute approximate surface area is 129 Å². The Hall–Kier alpha value is -1.71. The summed E-state index contributed by atoms with van der Waals surface area (Å²) in [5.74, 6) is 0. The highest BCUT2D eigenvalue weighted by molar-refractivity contribution is 9.11. The van der Waals surface area contributed by atoms with Crippen LogP contribution in [0.25, 0.3) is 0 Å². The molecule has 0 radical (unpaired) electrons. The summed E-state index contributed by atoms with van der Waals surface area (Å²) in [5.41, 5.74) is -0.638. The highest BCUT2D eigenvalue weighted by Gasteiger charge is 2.36.